The van der Waals surface area contributed by atoms with Gasteiger partial charge in [0.25, 0.3) is 0 Å². The van der Waals surface area contributed by atoms with Gasteiger partial charge in [0, 0.05) is 6.42 Å². The summed E-state index contributed by atoms with van der Waals surface area (Å²) >= 11 is 0. The molecule has 0 aliphatic carbocycles. The molecular weight excluding hydrogens is 136 g/mol. The van der Waals surface area contributed by atoms with Crippen LogP contribution in [0.1, 0.15) is 5.56 Å². The second kappa shape index (κ2) is 3.75. The summed E-state index contributed by atoms with van der Waals surface area (Å²) in [6.45, 7) is 0. The van der Waals surface area contributed by atoms with E-state index in [1.165, 1.54) is 0 Å². The third kappa shape index (κ3) is 2.40. The Morgan fingerprint density at radius 3 is 2.55 bits per heavy atom. The van der Waals surface area contributed by atoms with E-state index in [4.69, 9.17) is 11.0 Å². The maximum absolute atomic E-state index is 8.42. The maximum atomic E-state index is 8.42. The molecule has 0 radical (unpaired) electrons. The summed E-state index contributed by atoms with van der Waals surface area (Å²) in [5.74, 6) is 0. The fourth-order valence-corrected chi connectivity index (χ4v) is 0.914. The van der Waals surface area contributed by atoms with Crippen LogP contribution in [0.25, 0.3) is 0 Å². The molecule has 0 fully saturated rings. The molecule has 0 aromatic heterocycles. The predicted molar refractivity (Wildman–Crippen MR) is 43.7 cm³/mol. The molecule has 2 N–H and O–H groups in total. The molecule has 0 spiro atoms. The summed E-state index contributed by atoms with van der Waals surface area (Å²) in [5, 5.41) is 8.42. The molecule has 1 unspecified atom stereocenters. The summed E-state index contributed by atoms with van der Waals surface area (Å²) in [6, 6.07) is 11.4. The summed E-state index contributed by atoms with van der Waals surface area (Å²) in [7, 11) is 0. The lowest BCUT2D eigenvalue weighted by molar-refractivity contribution is 0.823. The first kappa shape index (κ1) is 7.77. The highest BCUT2D eigenvalue weighted by molar-refractivity contribution is 5.17. The summed E-state index contributed by atoms with van der Waals surface area (Å²) in [6.07, 6.45) is 0.636. The molecule has 0 bridgehead atoms. The number of hydrogen-bond acceptors (Lipinski definition) is 2. The van der Waals surface area contributed by atoms with Gasteiger partial charge in [0.15, 0.2) is 0 Å². The smallest absolute Gasteiger partial charge is 0.0968 e. The highest BCUT2D eigenvalue weighted by Gasteiger charge is 1.99. The lowest BCUT2D eigenvalue weighted by Gasteiger charge is -2.00. The maximum Gasteiger partial charge on any atom is 0.0968 e. The van der Waals surface area contributed by atoms with Crippen molar-refractivity contribution in [2.75, 3.05) is 0 Å². The molecule has 2 heteroatoms. The average Bonchev–Trinajstić information content (AvgIpc) is 2.06. The molecule has 2 nitrogen and oxygen atoms in total. The molecule has 1 aromatic carbocycles. The fourth-order valence-electron chi connectivity index (χ4n) is 0.914. The second-order valence-electron chi connectivity index (χ2n) is 2.43. The van der Waals surface area contributed by atoms with Crippen molar-refractivity contribution in [3.05, 3.63) is 35.9 Å². The SMILES string of the molecule is N#CC(N)Cc1ccccc1. The second-order valence-corrected chi connectivity index (χ2v) is 2.43. The Hall–Kier alpha value is -1.33. The van der Waals surface area contributed by atoms with E-state index in [9.17, 15) is 0 Å². The van der Waals surface area contributed by atoms with E-state index in [0.29, 0.717) is 6.42 Å². The third-order valence-electron chi connectivity index (χ3n) is 1.46. The first-order valence-electron chi connectivity index (χ1n) is 3.52. The Kier molecular flexibility index (Phi) is 2.65. The van der Waals surface area contributed by atoms with E-state index < -0.39 is 0 Å². The van der Waals surface area contributed by atoms with E-state index in [1.54, 1.807) is 0 Å². The summed E-state index contributed by atoms with van der Waals surface area (Å²) < 4.78 is 0. The van der Waals surface area contributed by atoms with Gasteiger partial charge in [-0.1, -0.05) is 30.3 Å². The van der Waals surface area contributed by atoms with Crippen LogP contribution >= 0.6 is 0 Å². The molecule has 0 saturated heterocycles. The Morgan fingerprint density at radius 1 is 1.36 bits per heavy atom. The largest absolute Gasteiger partial charge is 0.316 e. The summed E-state index contributed by atoms with van der Waals surface area (Å²) in [5.41, 5.74) is 6.56. The van der Waals surface area contributed by atoms with Gasteiger partial charge in [-0.05, 0) is 5.56 Å². The topological polar surface area (TPSA) is 49.8 Å². The van der Waals surface area contributed by atoms with Crippen molar-refractivity contribution >= 4 is 0 Å². The monoisotopic (exact) mass is 146 g/mol. The van der Waals surface area contributed by atoms with Crippen LogP contribution in [-0.2, 0) is 6.42 Å². The predicted octanol–water partition coefficient (Wildman–Crippen LogP) is 1.08. The molecule has 1 aromatic rings. The minimum absolute atomic E-state index is 0.377. The number of nitriles is 1. The van der Waals surface area contributed by atoms with Gasteiger partial charge in [0.2, 0.25) is 0 Å². The lowest BCUT2D eigenvalue weighted by Crippen LogP contribution is -2.19. The van der Waals surface area contributed by atoms with Gasteiger partial charge in [0.1, 0.15) is 0 Å². The zero-order valence-electron chi connectivity index (χ0n) is 6.20. The quantitative estimate of drug-likeness (QED) is 0.678. The van der Waals surface area contributed by atoms with Crippen molar-refractivity contribution in [3.8, 4) is 6.07 Å². The van der Waals surface area contributed by atoms with Gasteiger partial charge in [-0.15, -0.1) is 0 Å². The van der Waals surface area contributed by atoms with Gasteiger partial charge < -0.3 is 5.73 Å². The Bertz CT molecular complexity index is 248. The summed E-state index contributed by atoms with van der Waals surface area (Å²) in [4.78, 5) is 0. The number of nitrogens with zero attached hydrogens (tertiary/aromatic N) is 1. The van der Waals surface area contributed by atoms with Gasteiger partial charge >= 0.3 is 0 Å². The van der Waals surface area contributed by atoms with Crippen LogP contribution in [0.2, 0.25) is 0 Å². The molecule has 0 aliphatic heterocycles. The zero-order valence-corrected chi connectivity index (χ0v) is 6.20. The van der Waals surface area contributed by atoms with Crippen molar-refractivity contribution in [2.24, 2.45) is 5.73 Å². The van der Waals surface area contributed by atoms with Crippen molar-refractivity contribution in [1.29, 1.82) is 5.26 Å². The molecule has 11 heavy (non-hydrogen) atoms. The van der Waals surface area contributed by atoms with E-state index in [2.05, 4.69) is 0 Å². The van der Waals surface area contributed by atoms with Gasteiger partial charge in [0.05, 0.1) is 12.1 Å². The van der Waals surface area contributed by atoms with Crippen LogP contribution < -0.4 is 5.73 Å². The van der Waals surface area contributed by atoms with Crippen LogP contribution in [0.5, 0.6) is 0 Å². The molecule has 1 rings (SSSR count). The fraction of sp³-hybridized carbons (Fsp3) is 0.222. The Morgan fingerprint density at radius 2 is 2.00 bits per heavy atom. The highest BCUT2D eigenvalue weighted by Crippen LogP contribution is 2.00. The van der Waals surface area contributed by atoms with Crippen LogP contribution in [-0.4, -0.2) is 6.04 Å². The van der Waals surface area contributed by atoms with Gasteiger partial charge in [-0.25, -0.2) is 0 Å². The number of hydrogen-bond donors (Lipinski definition) is 1. The van der Waals surface area contributed by atoms with Crippen LogP contribution in [0.3, 0.4) is 0 Å². The van der Waals surface area contributed by atoms with Crippen LogP contribution in [0, 0.1) is 11.3 Å². The first-order chi connectivity index (χ1) is 5.33. The van der Waals surface area contributed by atoms with Crippen LogP contribution in [0.15, 0.2) is 30.3 Å². The van der Waals surface area contributed by atoms with E-state index in [1.807, 2.05) is 36.4 Å². The number of benzene rings is 1. The van der Waals surface area contributed by atoms with Crippen molar-refractivity contribution in [1.82, 2.24) is 0 Å². The normalized spacial score (nSPS) is 12.0. The first-order valence-corrected chi connectivity index (χ1v) is 3.52. The van der Waals surface area contributed by atoms with E-state index >= 15 is 0 Å². The Labute approximate surface area is 66.3 Å². The Balaban J connectivity index is 2.60. The molecule has 1 atom stereocenters. The van der Waals surface area contributed by atoms with Crippen molar-refractivity contribution in [3.63, 3.8) is 0 Å². The van der Waals surface area contributed by atoms with Gasteiger partial charge in [-0.3, -0.25) is 0 Å². The van der Waals surface area contributed by atoms with Crippen molar-refractivity contribution in [2.45, 2.75) is 12.5 Å². The molecule has 0 heterocycles. The molecule has 0 saturated carbocycles. The van der Waals surface area contributed by atoms with Gasteiger partial charge in [-0.2, -0.15) is 5.26 Å². The van der Waals surface area contributed by atoms with E-state index in [0.717, 1.165) is 5.56 Å². The molecular formula is C9H10N2. The molecule has 56 valence electrons. The lowest BCUT2D eigenvalue weighted by atomic mass is 10.1. The molecule has 0 amide bonds. The highest BCUT2D eigenvalue weighted by atomic mass is 14.6. The average molecular weight is 146 g/mol. The minimum atomic E-state index is -0.377. The van der Waals surface area contributed by atoms with E-state index in [-0.39, 0.29) is 6.04 Å². The zero-order chi connectivity index (χ0) is 8.10. The van der Waals surface area contributed by atoms with Crippen molar-refractivity contribution < 1.29 is 0 Å². The molecule has 0 aliphatic rings. The third-order valence-corrected chi connectivity index (χ3v) is 1.46. The minimum Gasteiger partial charge on any atom is -0.316 e. The standard InChI is InChI=1S/C9H10N2/c10-7-9(11)6-8-4-2-1-3-5-8/h1-5,9H,6,11H2. The van der Waals surface area contributed by atoms with Crippen LogP contribution in [0.4, 0.5) is 0 Å². The number of nitrogens with two attached hydrogens (primary N) is 1. The number of rotatable bonds is 2.